The molecule has 2 N–H and O–H groups in total. The number of hydrogen-bond acceptors (Lipinski definition) is 3. The number of thiazole rings is 1. The summed E-state index contributed by atoms with van der Waals surface area (Å²) in [5.41, 5.74) is 8.20. The number of benzene rings is 1. The quantitative estimate of drug-likeness (QED) is 0.713. The van der Waals surface area contributed by atoms with E-state index < -0.39 is 0 Å². The Morgan fingerprint density at radius 3 is 2.76 bits per heavy atom. The molecule has 0 aliphatic rings. The second-order valence-corrected chi connectivity index (χ2v) is 5.33. The van der Waals surface area contributed by atoms with E-state index in [1.165, 1.54) is 10.9 Å². The summed E-state index contributed by atoms with van der Waals surface area (Å²) in [6, 6.07) is 8.34. The first-order valence-electron chi connectivity index (χ1n) is 5.44. The Bertz CT molecular complexity index is 674. The average molecular weight is 243 g/mol. The van der Waals surface area contributed by atoms with Crippen molar-refractivity contribution in [3.05, 3.63) is 35.3 Å². The Balaban J connectivity index is 2.30. The third-order valence-corrected chi connectivity index (χ3v) is 3.98. The topological polar surface area (TPSA) is 43.8 Å². The minimum absolute atomic E-state index is 0.637. The van der Waals surface area contributed by atoms with Crippen molar-refractivity contribution in [2.24, 2.45) is 7.05 Å². The fraction of sp³-hybridized carbons (Fsp3) is 0.154. The van der Waals surface area contributed by atoms with Crippen molar-refractivity contribution in [3.8, 4) is 10.6 Å². The number of rotatable bonds is 1. The van der Waals surface area contributed by atoms with Crippen LogP contribution in [0.1, 0.15) is 4.88 Å². The maximum atomic E-state index is 5.82. The summed E-state index contributed by atoms with van der Waals surface area (Å²) in [5, 5.41) is 2.22. The van der Waals surface area contributed by atoms with E-state index in [0.29, 0.717) is 5.82 Å². The fourth-order valence-corrected chi connectivity index (χ4v) is 2.89. The maximum Gasteiger partial charge on any atom is 0.138 e. The lowest BCUT2D eigenvalue weighted by Gasteiger charge is -1.93. The zero-order valence-corrected chi connectivity index (χ0v) is 10.6. The van der Waals surface area contributed by atoms with Crippen LogP contribution in [0.2, 0.25) is 0 Å². The van der Waals surface area contributed by atoms with E-state index in [2.05, 4.69) is 41.0 Å². The van der Waals surface area contributed by atoms with Gasteiger partial charge in [0.2, 0.25) is 0 Å². The summed E-state index contributed by atoms with van der Waals surface area (Å²) in [5.74, 6) is 0.637. The van der Waals surface area contributed by atoms with Gasteiger partial charge in [-0.05, 0) is 13.0 Å². The number of fused-ring (bicyclic) bond motifs is 1. The molecule has 0 aliphatic carbocycles. The van der Waals surface area contributed by atoms with E-state index in [1.54, 1.807) is 11.3 Å². The van der Waals surface area contributed by atoms with Crippen LogP contribution in [0.15, 0.2) is 30.5 Å². The first kappa shape index (κ1) is 10.4. The molecule has 3 rings (SSSR count). The minimum atomic E-state index is 0.637. The van der Waals surface area contributed by atoms with Crippen LogP contribution in [0.3, 0.4) is 0 Å². The second kappa shape index (κ2) is 3.60. The van der Waals surface area contributed by atoms with Crippen molar-refractivity contribution in [3.63, 3.8) is 0 Å². The van der Waals surface area contributed by atoms with Crippen LogP contribution < -0.4 is 5.73 Å². The van der Waals surface area contributed by atoms with Gasteiger partial charge in [-0.3, -0.25) is 0 Å². The van der Waals surface area contributed by atoms with Crippen molar-refractivity contribution < 1.29 is 0 Å². The van der Waals surface area contributed by atoms with Crippen LogP contribution in [0.4, 0.5) is 5.82 Å². The van der Waals surface area contributed by atoms with Crippen LogP contribution in [0.25, 0.3) is 21.5 Å². The van der Waals surface area contributed by atoms with Crippen molar-refractivity contribution in [1.29, 1.82) is 0 Å². The zero-order chi connectivity index (χ0) is 12.0. The smallest absolute Gasteiger partial charge is 0.138 e. The summed E-state index contributed by atoms with van der Waals surface area (Å²) in [6.07, 6.45) is 2.11. The Morgan fingerprint density at radius 1 is 1.29 bits per heavy atom. The molecule has 0 unspecified atom stereocenters. The van der Waals surface area contributed by atoms with E-state index in [1.807, 2.05) is 13.0 Å². The molecule has 1 aromatic carbocycles. The average Bonchev–Trinajstić information content (AvgIpc) is 2.82. The SMILES string of the molecule is Cc1sc(-c2cn(C)c3ccccc23)nc1N. The molecule has 0 atom stereocenters. The van der Waals surface area contributed by atoms with E-state index in [0.717, 1.165) is 15.4 Å². The molecule has 2 aromatic heterocycles. The second-order valence-electron chi connectivity index (χ2n) is 4.13. The van der Waals surface area contributed by atoms with Gasteiger partial charge in [-0.15, -0.1) is 11.3 Å². The highest BCUT2D eigenvalue weighted by molar-refractivity contribution is 7.15. The molecule has 3 nitrogen and oxygen atoms in total. The molecule has 3 aromatic rings. The maximum absolute atomic E-state index is 5.82. The number of hydrogen-bond donors (Lipinski definition) is 1. The Labute approximate surface area is 104 Å². The molecule has 0 saturated heterocycles. The van der Waals surface area contributed by atoms with Gasteiger partial charge in [0, 0.05) is 34.6 Å². The van der Waals surface area contributed by atoms with Crippen LogP contribution >= 0.6 is 11.3 Å². The molecule has 2 heterocycles. The van der Waals surface area contributed by atoms with Crippen molar-refractivity contribution in [2.75, 3.05) is 5.73 Å². The third kappa shape index (κ3) is 1.52. The molecule has 0 saturated carbocycles. The summed E-state index contributed by atoms with van der Waals surface area (Å²) in [6.45, 7) is 2.00. The lowest BCUT2D eigenvalue weighted by atomic mass is 10.2. The molecule has 86 valence electrons. The molecule has 0 amide bonds. The van der Waals surface area contributed by atoms with E-state index in [-0.39, 0.29) is 0 Å². The third-order valence-electron chi connectivity index (χ3n) is 2.96. The molecule has 4 heteroatoms. The van der Waals surface area contributed by atoms with Crippen LogP contribution in [0.5, 0.6) is 0 Å². The lowest BCUT2D eigenvalue weighted by Crippen LogP contribution is -1.85. The summed E-state index contributed by atoms with van der Waals surface area (Å²) < 4.78 is 2.12. The molecule has 17 heavy (non-hydrogen) atoms. The highest BCUT2D eigenvalue weighted by Crippen LogP contribution is 2.34. The molecular weight excluding hydrogens is 230 g/mol. The molecule has 0 spiro atoms. The summed E-state index contributed by atoms with van der Waals surface area (Å²) in [7, 11) is 2.05. The number of aromatic nitrogens is 2. The minimum Gasteiger partial charge on any atom is -0.383 e. The van der Waals surface area contributed by atoms with Crippen molar-refractivity contribution >= 4 is 28.1 Å². The standard InChI is InChI=1S/C13H13N3S/c1-8-12(14)15-13(17-8)10-7-16(2)11-6-4-3-5-9(10)11/h3-7H,14H2,1-2H3. The van der Waals surface area contributed by atoms with Gasteiger partial charge in [-0.2, -0.15) is 0 Å². The fourth-order valence-electron chi connectivity index (χ4n) is 2.04. The zero-order valence-electron chi connectivity index (χ0n) is 9.77. The predicted octanol–water partition coefficient (Wildman–Crippen LogP) is 3.19. The van der Waals surface area contributed by atoms with E-state index in [4.69, 9.17) is 5.73 Å². The van der Waals surface area contributed by atoms with Gasteiger partial charge >= 0.3 is 0 Å². The summed E-state index contributed by atoms with van der Waals surface area (Å²) >= 11 is 1.65. The lowest BCUT2D eigenvalue weighted by molar-refractivity contribution is 0.970. The number of aryl methyl sites for hydroxylation is 2. The van der Waals surface area contributed by atoms with Crippen molar-refractivity contribution in [2.45, 2.75) is 6.92 Å². The number of para-hydroxylation sites is 1. The van der Waals surface area contributed by atoms with Crippen LogP contribution in [0, 0.1) is 6.92 Å². The van der Waals surface area contributed by atoms with Gasteiger partial charge in [0.05, 0.1) is 0 Å². The van der Waals surface area contributed by atoms with E-state index >= 15 is 0 Å². The monoisotopic (exact) mass is 243 g/mol. The molecular formula is C13H13N3S. The van der Waals surface area contributed by atoms with Crippen molar-refractivity contribution in [1.82, 2.24) is 9.55 Å². The highest BCUT2D eigenvalue weighted by Gasteiger charge is 2.12. The highest BCUT2D eigenvalue weighted by atomic mass is 32.1. The molecule has 0 fully saturated rings. The Kier molecular flexibility index (Phi) is 2.19. The van der Waals surface area contributed by atoms with Gasteiger partial charge in [-0.25, -0.2) is 4.98 Å². The number of nitrogen functional groups attached to an aromatic ring is 1. The normalized spacial score (nSPS) is 11.2. The number of nitrogens with two attached hydrogens (primary N) is 1. The molecule has 0 aliphatic heterocycles. The van der Waals surface area contributed by atoms with Crippen LogP contribution in [-0.2, 0) is 7.05 Å². The first-order valence-corrected chi connectivity index (χ1v) is 6.26. The van der Waals surface area contributed by atoms with Gasteiger partial charge in [-0.1, -0.05) is 18.2 Å². The van der Waals surface area contributed by atoms with Gasteiger partial charge in [0.25, 0.3) is 0 Å². The number of anilines is 1. The number of nitrogens with zero attached hydrogens (tertiary/aromatic N) is 2. The van der Waals surface area contributed by atoms with Gasteiger partial charge in [0.15, 0.2) is 0 Å². The largest absolute Gasteiger partial charge is 0.383 e. The van der Waals surface area contributed by atoms with E-state index in [9.17, 15) is 0 Å². The van der Waals surface area contributed by atoms with Crippen LogP contribution in [-0.4, -0.2) is 9.55 Å². The van der Waals surface area contributed by atoms with Gasteiger partial charge < -0.3 is 10.3 Å². The summed E-state index contributed by atoms with van der Waals surface area (Å²) in [4.78, 5) is 5.50. The van der Waals surface area contributed by atoms with Gasteiger partial charge in [0.1, 0.15) is 10.8 Å². The Morgan fingerprint density at radius 2 is 2.06 bits per heavy atom. The molecule has 0 bridgehead atoms. The predicted molar refractivity (Wildman–Crippen MR) is 73.2 cm³/mol. The molecule has 0 radical (unpaired) electrons. The Hall–Kier alpha value is -1.81. The first-order chi connectivity index (χ1) is 8.16.